The summed E-state index contributed by atoms with van der Waals surface area (Å²) in [5, 5.41) is 0. The first-order valence-electron chi connectivity index (χ1n) is 7.08. The van der Waals surface area contributed by atoms with E-state index in [2.05, 4.69) is 4.72 Å². The zero-order chi connectivity index (χ0) is 17.5. The normalized spacial score (nSPS) is 14.7. The van der Waals surface area contributed by atoms with Crippen LogP contribution in [0.4, 0.5) is 0 Å². The molecule has 1 aromatic carbocycles. The molecule has 24 heavy (non-hydrogen) atoms. The van der Waals surface area contributed by atoms with Crippen LogP contribution in [0.2, 0.25) is 8.67 Å². The molecule has 9 heteroatoms. The molecule has 0 amide bonds. The molecule has 3 rings (SSSR count). The highest BCUT2D eigenvalue weighted by Crippen LogP contribution is 2.37. The molecular weight excluding hydrogens is 393 g/mol. The largest absolute Gasteiger partial charge is 0.486 e. The van der Waals surface area contributed by atoms with Crippen molar-refractivity contribution in [2.24, 2.45) is 0 Å². The molecule has 2 heterocycles. The lowest BCUT2D eigenvalue weighted by Gasteiger charge is -2.28. The smallest absolute Gasteiger partial charge is 0.243 e. The highest BCUT2D eigenvalue weighted by atomic mass is 35.5. The summed E-state index contributed by atoms with van der Waals surface area (Å²) < 4.78 is 39.4. The first-order valence-corrected chi connectivity index (χ1v) is 10.1. The van der Waals surface area contributed by atoms with Gasteiger partial charge in [-0.25, -0.2) is 13.1 Å². The minimum absolute atomic E-state index is 0.0233. The van der Waals surface area contributed by atoms with E-state index in [1.165, 1.54) is 6.07 Å². The van der Waals surface area contributed by atoms with Gasteiger partial charge in [0.05, 0.1) is 9.88 Å². The SMILES string of the molecule is CC(C)(NS(=O)(=O)c1cc(Cl)sc1Cl)c1ccc2c(c1)OCCO2. The third-order valence-electron chi connectivity index (χ3n) is 3.57. The fraction of sp³-hybridized carbons (Fsp3) is 0.333. The van der Waals surface area contributed by atoms with Crippen LogP contribution in [0, 0.1) is 0 Å². The minimum Gasteiger partial charge on any atom is -0.486 e. The highest BCUT2D eigenvalue weighted by Gasteiger charge is 2.31. The molecule has 1 aliphatic rings. The van der Waals surface area contributed by atoms with Gasteiger partial charge in [-0.05, 0) is 37.6 Å². The van der Waals surface area contributed by atoms with Crippen LogP contribution in [0.1, 0.15) is 19.4 Å². The van der Waals surface area contributed by atoms with E-state index in [0.29, 0.717) is 29.0 Å². The number of sulfonamides is 1. The average Bonchev–Trinajstić information content (AvgIpc) is 2.85. The lowest BCUT2D eigenvalue weighted by Crippen LogP contribution is -2.40. The number of halogens is 2. The van der Waals surface area contributed by atoms with Gasteiger partial charge >= 0.3 is 0 Å². The number of rotatable bonds is 4. The number of thiophene rings is 1. The van der Waals surface area contributed by atoms with Crippen LogP contribution in [0.5, 0.6) is 11.5 Å². The van der Waals surface area contributed by atoms with E-state index in [1.54, 1.807) is 32.0 Å². The first kappa shape index (κ1) is 17.8. The molecule has 0 saturated heterocycles. The van der Waals surface area contributed by atoms with Crippen molar-refractivity contribution in [3.05, 3.63) is 38.5 Å². The Bertz CT molecular complexity index is 878. The van der Waals surface area contributed by atoms with Gasteiger partial charge < -0.3 is 9.47 Å². The van der Waals surface area contributed by atoms with Gasteiger partial charge in [-0.1, -0.05) is 29.3 Å². The number of nitrogens with one attached hydrogen (secondary N) is 1. The molecule has 0 fully saturated rings. The van der Waals surface area contributed by atoms with Gasteiger partial charge in [-0.15, -0.1) is 11.3 Å². The molecule has 1 aliphatic heterocycles. The van der Waals surface area contributed by atoms with Crippen LogP contribution >= 0.6 is 34.5 Å². The van der Waals surface area contributed by atoms with E-state index in [9.17, 15) is 8.42 Å². The molecule has 0 spiro atoms. The lowest BCUT2D eigenvalue weighted by atomic mass is 9.95. The van der Waals surface area contributed by atoms with Crippen molar-refractivity contribution in [1.29, 1.82) is 0 Å². The van der Waals surface area contributed by atoms with Crippen molar-refractivity contribution in [1.82, 2.24) is 4.72 Å². The second-order valence-electron chi connectivity index (χ2n) is 5.78. The third kappa shape index (κ3) is 3.50. The summed E-state index contributed by atoms with van der Waals surface area (Å²) in [4.78, 5) is -0.0233. The van der Waals surface area contributed by atoms with Gasteiger partial charge in [0, 0.05) is 0 Å². The highest BCUT2D eigenvalue weighted by molar-refractivity contribution is 7.89. The molecule has 0 atom stereocenters. The van der Waals surface area contributed by atoms with E-state index in [4.69, 9.17) is 32.7 Å². The minimum atomic E-state index is -3.83. The average molecular weight is 408 g/mol. The van der Waals surface area contributed by atoms with Crippen LogP contribution in [0.25, 0.3) is 0 Å². The predicted octanol–water partition coefficient (Wildman–Crippen LogP) is 4.04. The number of hydrogen-bond acceptors (Lipinski definition) is 5. The first-order chi connectivity index (χ1) is 11.2. The quantitative estimate of drug-likeness (QED) is 0.830. The topological polar surface area (TPSA) is 64.6 Å². The van der Waals surface area contributed by atoms with Crippen molar-refractivity contribution in [3.63, 3.8) is 0 Å². The Labute approximate surface area is 154 Å². The molecule has 1 N–H and O–H groups in total. The molecule has 0 radical (unpaired) electrons. The number of hydrogen-bond donors (Lipinski definition) is 1. The fourth-order valence-corrected chi connectivity index (χ4v) is 5.94. The van der Waals surface area contributed by atoms with E-state index in [-0.39, 0.29) is 9.23 Å². The molecule has 1 aromatic heterocycles. The standard InChI is InChI=1S/C15H15Cl2NO4S2/c1-15(2,9-3-4-10-11(7-9)22-6-5-21-10)18-24(19,20)12-8-13(16)23-14(12)17/h3-4,7-8,18H,5-6H2,1-2H3. The zero-order valence-electron chi connectivity index (χ0n) is 12.9. The van der Waals surface area contributed by atoms with Crippen LogP contribution in [-0.2, 0) is 15.6 Å². The van der Waals surface area contributed by atoms with Crippen molar-refractivity contribution in [2.75, 3.05) is 13.2 Å². The summed E-state index contributed by atoms with van der Waals surface area (Å²) in [6.45, 7) is 4.49. The molecule has 2 aromatic rings. The summed E-state index contributed by atoms with van der Waals surface area (Å²) >= 11 is 12.8. The van der Waals surface area contributed by atoms with Crippen molar-refractivity contribution in [2.45, 2.75) is 24.3 Å². The second kappa shape index (κ2) is 6.38. The molecule has 5 nitrogen and oxygen atoms in total. The molecule has 0 aliphatic carbocycles. The van der Waals surface area contributed by atoms with Crippen LogP contribution in [0.3, 0.4) is 0 Å². The maximum Gasteiger partial charge on any atom is 0.243 e. The molecule has 0 bridgehead atoms. The van der Waals surface area contributed by atoms with Crippen LogP contribution in [0.15, 0.2) is 29.2 Å². The summed E-state index contributed by atoms with van der Waals surface area (Å²) in [6, 6.07) is 6.70. The maximum absolute atomic E-state index is 12.6. The van der Waals surface area contributed by atoms with Gasteiger partial charge in [0.25, 0.3) is 0 Å². The van der Waals surface area contributed by atoms with E-state index in [1.807, 2.05) is 0 Å². The summed E-state index contributed by atoms with van der Waals surface area (Å²) in [5.74, 6) is 1.25. The molecule has 0 saturated carbocycles. The molecular formula is C15H15Cl2NO4S2. The van der Waals surface area contributed by atoms with E-state index in [0.717, 1.165) is 16.9 Å². The summed E-state index contributed by atoms with van der Waals surface area (Å²) in [5.41, 5.74) is -0.139. The van der Waals surface area contributed by atoms with Crippen molar-refractivity contribution >= 4 is 44.6 Å². The van der Waals surface area contributed by atoms with E-state index < -0.39 is 15.6 Å². The maximum atomic E-state index is 12.6. The number of fused-ring (bicyclic) bond motifs is 1. The van der Waals surface area contributed by atoms with Gasteiger partial charge in [-0.2, -0.15) is 0 Å². The lowest BCUT2D eigenvalue weighted by molar-refractivity contribution is 0.171. The Morgan fingerprint density at radius 1 is 1.12 bits per heavy atom. The fourth-order valence-electron chi connectivity index (χ4n) is 2.39. The Morgan fingerprint density at radius 3 is 2.42 bits per heavy atom. The monoisotopic (exact) mass is 407 g/mol. The number of ether oxygens (including phenoxy) is 2. The Morgan fingerprint density at radius 2 is 1.79 bits per heavy atom. The van der Waals surface area contributed by atoms with Crippen LogP contribution in [-0.4, -0.2) is 21.6 Å². The summed E-state index contributed by atoms with van der Waals surface area (Å²) in [7, 11) is -3.83. The van der Waals surface area contributed by atoms with Gasteiger partial charge in [0.1, 0.15) is 22.4 Å². The van der Waals surface area contributed by atoms with Gasteiger partial charge in [-0.3, -0.25) is 0 Å². The van der Waals surface area contributed by atoms with E-state index >= 15 is 0 Å². The Hall–Kier alpha value is -0.990. The van der Waals surface area contributed by atoms with Gasteiger partial charge in [0.2, 0.25) is 10.0 Å². The van der Waals surface area contributed by atoms with Crippen LogP contribution < -0.4 is 14.2 Å². The Balaban J connectivity index is 1.92. The van der Waals surface area contributed by atoms with Crippen molar-refractivity contribution in [3.8, 4) is 11.5 Å². The second-order valence-corrected chi connectivity index (χ2v) is 9.71. The third-order valence-corrected chi connectivity index (χ3v) is 6.98. The van der Waals surface area contributed by atoms with Gasteiger partial charge in [0.15, 0.2) is 11.5 Å². The van der Waals surface area contributed by atoms with Crippen molar-refractivity contribution < 1.29 is 17.9 Å². The summed E-state index contributed by atoms with van der Waals surface area (Å²) in [6.07, 6.45) is 0. The number of benzene rings is 1. The Kier molecular flexibility index (Phi) is 4.74. The molecule has 130 valence electrons. The predicted molar refractivity (Wildman–Crippen MR) is 95.1 cm³/mol. The molecule has 0 unspecified atom stereocenters. The zero-order valence-corrected chi connectivity index (χ0v) is 16.1.